The fraction of sp³-hybridized carbons (Fsp3) is 0.133. The molecule has 0 unspecified atom stereocenters. The number of alkyl halides is 3. The van der Waals surface area contributed by atoms with Crippen molar-refractivity contribution in [1.29, 1.82) is 0 Å². The number of anilines is 1. The highest BCUT2D eigenvalue weighted by atomic mass is 32.1. The van der Waals surface area contributed by atoms with Gasteiger partial charge in [-0.1, -0.05) is 18.2 Å². The van der Waals surface area contributed by atoms with E-state index in [4.69, 9.17) is 0 Å². The molecule has 1 aromatic carbocycles. The third-order valence-corrected chi connectivity index (χ3v) is 3.76. The third kappa shape index (κ3) is 4.66. The first-order chi connectivity index (χ1) is 11.3. The Kier molecular flexibility index (Phi) is 5.35. The van der Waals surface area contributed by atoms with E-state index >= 15 is 0 Å². The maximum Gasteiger partial charge on any atom is 0.471 e. The van der Waals surface area contributed by atoms with Crippen molar-refractivity contribution in [1.82, 2.24) is 5.43 Å². The lowest BCUT2D eigenvalue weighted by molar-refractivity contribution is -0.167. The summed E-state index contributed by atoms with van der Waals surface area (Å²) in [6.07, 6.45) is -4.94. The maximum absolute atomic E-state index is 12.2. The smallest absolute Gasteiger partial charge is 0.318 e. The van der Waals surface area contributed by atoms with E-state index in [1.165, 1.54) is 35.6 Å². The van der Waals surface area contributed by atoms with Gasteiger partial charge in [0.2, 0.25) is 0 Å². The van der Waals surface area contributed by atoms with Crippen LogP contribution in [0.25, 0.3) is 0 Å². The molecule has 0 fully saturated rings. The van der Waals surface area contributed by atoms with Crippen LogP contribution in [-0.4, -0.2) is 23.7 Å². The second-order valence-electron chi connectivity index (χ2n) is 4.64. The lowest BCUT2D eigenvalue weighted by atomic mass is 10.1. The van der Waals surface area contributed by atoms with Crippen molar-refractivity contribution < 1.29 is 22.8 Å². The number of benzene rings is 1. The molecule has 0 saturated heterocycles. The summed E-state index contributed by atoms with van der Waals surface area (Å²) in [5.41, 5.74) is 3.46. The molecule has 2 aromatic rings. The van der Waals surface area contributed by atoms with Gasteiger partial charge in [-0.2, -0.15) is 18.3 Å². The van der Waals surface area contributed by atoms with Crippen molar-refractivity contribution in [3.63, 3.8) is 0 Å². The Morgan fingerprint density at radius 1 is 1.12 bits per heavy atom. The normalized spacial score (nSPS) is 11.9. The van der Waals surface area contributed by atoms with Gasteiger partial charge in [0, 0.05) is 5.69 Å². The van der Waals surface area contributed by atoms with Crippen molar-refractivity contribution >= 4 is 34.6 Å². The number of nitrogens with zero attached hydrogens (tertiary/aromatic N) is 1. The van der Waals surface area contributed by atoms with Gasteiger partial charge < -0.3 is 5.32 Å². The van der Waals surface area contributed by atoms with E-state index < -0.39 is 12.1 Å². The van der Waals surface area contributed by atoms with Crippen molar-refractivity contribution in [2.75, 3.05) is 5.32 Å². The summed E-state index contributed by atoms with van der Waals surface area (Å²) in [6.45, 7) is 1.64. The van der Waals surface area contributed by atoms with E-state index in [0.29, 0.717) is 16.2 Å². The molecule has 2 rings (SSSR count). The number of carbonyl (C=O) groups is 2. The minimum Gasteiger partial charge on any atom is -0.318 e. The number of rotatable bonds is 4. The van der Waals surface area contributed by atoms with Gasteiger partial charge in [0.15, 0.2) is 0 Å². The van der Waals surface area contributed by atoms with Crippen LogP contribution in [-0.2, 0) is 4.79 Å². The van der Waals surface area contributed by atoms with Gasteiger partial charge in [0.05, 0.1) is 10.6 Å². The lowest BCUT2D eigenvalue weighted by Gasteiger charge is -2.08. The summed E-state index contributed by atoms with van der Waals surface area (Å²) in [5, 5.41) is 7.44. The van der Waals surface area contributed by atoms with Crippen LogP contribution in [0, 0.1) is 0 Å². The molecule has 0 atom stereocenters. The van der Waals surface area contributed by atoms with Crippen LogP contribution in [0.1, 0.15) is 22.2 Å². The van der Waals surface area contributed by atoms with Gasteiger partial charge >= 0.3 is 12.1 Å². The van der Waals surface area contributed by atoms with Crippen LogP contribution < -0.4 is 10.7 Å². The molecule has 5 nitrogen and oxygen atoms in total. The summed E-state index contributed by atoms with van der Waals surface area (Å²) in [4.78, 5) is 23.1. The molecule has 0 aliphatic heterocycles. The largest absolute Gasteiger partial charge is 0.471 e. The van der Waals surface area contributed by atoms with E-state index in [0.717, 1.165) is 0 Å². The lowest BCUT2D eigenvalue weighted by Crippen LogP contribution is -2.29. The summed E-state index contributed by atoms with van der Waals surface area (Å²) in [7, 11) is 0. The van der Waals surface area contributed by atoms with Crippen LogP contribution in [0.4, 0.5) is 18.9 Å². The first kappa shape index (κ1) is 17.7. The molecule has 2 amide bonds. The van der Waals surface area contributed by atoms with Crippen molar-refractivity contribution in [3.05, 3.63) is 52.2 Å². The predicted molar refractivity (Wildman–Crippen MR) is 85.1 cm³/mol. The standard InChI is InChI=1S/C15H12F3N3O2S/c1-9(20-21-13(22)12-3-2-8-24-12)10-4-6-11(7-5-10)19-14(23)15(16,17)18/h2-8H,1H3,(H,19,23)(H,21,22). The zero-order chi connectivity index (χ0) is 17.7. The minimum absolute atomic E-state index is 0.0106. The fourth-order valence-corrected chi connectivity index (χ4v) is 2.27. The van der Waals surface area contributed by atoms with Crippen LogP contribution in [0.15, 0.2) is 46.9 Å². The summed E-state index contributed by atoms with van der Waals surface area (Å²) in [6, 6.07) is 9.01. The first-order valence-electron chi connectivity index (χ1n) is 6.64. The van der Waals surface area contributed by atoms with Gasteiger partial charge in [0.25, 0.3) is 5.91 Å². The Hall–Kier alpha value is -2.68. The van der Waals surface area contributed by atoms with Gasteiger partial charge in [-0.3, -0.25) is 9.59 Å². The fourth-order valence-electron chi connectivity index (χ4n) is 1.66. The van der Waals surface area contributed by atoms with E-state index in [-0.39, 0.29) is 11.6 Å². The SMILES string of the molecule is CC(=NNC(=O)c1cccs1)c1ccc(NC(=O)C(F)(F)F)cc1. The van der Waals surface area contributed by atoms with E-state index in [2.05, 4.69) is 10.5 Å². The summed E-state index contributed by atoms with van der Waals surface area (Å²) >= 11 is 1.27. The van der Waals surface area contributed by atoms with Crippen LogP contribution in [0.5, 0.6) is 0 Å². The highest BCUT2D eigenvalue weighted by Gasteiger charge is 2.38. The number of hydrogen-bond donors (Lipinski definition) is 2. The third-order valence-electron chi connectivity index (χ3n) is 2.89. The number of nitrogens with one attached hydrogen (secondary N) is 2. The van der Waals surface area contributed by atoms with Crippen molar-refractivity contribution in [2.24, 2.45) is 5.10 Å². The first-order valence-corrected chi connectivity index (χ1v) is 7.52. The number of hydrogen-bond acceptors (Lipinski definition) is 4. The Morgan fingerprint density at radius 3 is 2.33 bits per heavy atom. The molecule has 0 bridgehead atoms. The molecule has 0 saturated carbocycles. The average molecular weight is 355 g/mol. The van der Waals surface area contributed by atoms with Gasteiger partial charge in [-0.25, -0.2) is 5.43 Å². The molecule has 0 spiro atoms. The second kappa shape index (κ2) is 7.26. The number of hydrazone groups is 1. The molecule has 126 valence electrons. The summed E-state index contributed by atoms with van der Waals surface area (Å²) < 4.78 is 36.5. The Bertz CT molecular complexity index is 753. The molecular formula is C15H12F3N3O2S. The topological polar surface area (TPSA) is 70.6 Å². The van der Waals surface area contributed by atoms with E-state index in [1.54, 1.807) is 29.8 Å². The van der Waals surface area contributed by atoms with Crippen LogP contribution in [0.2, 0.25) is 0 Å². The predicted octanol–water partition coefficient (Wildman–Crippen LogP) is 3.40. The van der Waals surface area contributed by atoms with Gasteiger partial charge in [0.1, 0.15) is 0 Å². The van der Waals surface area contributed by atoms with Gasteiger partial charge in [-0.15, -0.1) is 11.3 Å². The number of amides is 2. The van der Waals surface area contributed by atoms with E-state index in [1.807, 2.05) is 0 Å². The Morgan fingerprint density at radius 2 is 1.79 bits per heavy atom. The molecule has 1 aromatic heterocycles. The molecule has 9 heteroatoms. The van der Waals surface area contributed by atoms with Crippen molar-refractivity contribution in [2.45, 2.75) is 13.1 Å². The molecule has 24 heavy (non-hydrogen) atoms. The van der Waals surface area contributed by atoms with E-state index in [9.17, 15) is 22.8 Å². The quantitative estimate of drug-likeness (QED) is 0.652. The van der Waals surface area contributed by atoms with Crippen molar-refractivity contribution in [3.8, 4) is 0 Å². The molecule has 1 heterocycles. The highest BCUT2D eigenvalue weighted by molar-refractivity contribution is 7.12. The van der Waals surface area contributed by atoms with Crippen LogP contribution in [0.3, 0.4) is 0 Å². The summed E-state index contributed by atoms with van der Waals surface area (Å²) in [5.74, 6) is -2.39. The average Bonchev–Trinajstić information content (AvgIpc) is 3.06. The second-order valence-corrected chi connectivity index (χ2v) is 5.59. The molecule has 2 N–H and O–H groups in total. The van der Waals surface area contributed by atoms with Gasteiger partial charge in [-0.05, 0) is 36.1 Å². The minimum atomic E-state index is -4.94. The zero-order valence-electron chi connectivity index (χ0n) is 12.3. The van der Waals surface area contributed by atoms with Crippen LogP contribution >= 0.6 is 11.3 Å². The molecule has 0 aliphatic carbocycles. The molecular weight excluding hydrogens is 343 g/mol. The highest BCUT2D eigenvalue weighted by Crippen LogP contribution is 2.18. The Balaban J connectivity index is 2.00. The zero-order valence-corrected chi connectivity index (χ0v) is 13.2. The number of halogens is 3. The molecule has 0 aliphatic rings. The number of thiophene rings is 1. The number of carbonyl (C=O) groups excluding carboxylic acids is 2. The molecule has 0 radical (unpaired) electrons. The monoisotopic (exact) mass is 355 g/mol. The maximum atomic E-state index is 12.2. The Labute approximate surface area is 139 Å².